The van der Waals surface area contributed by atoms with Gasteiger partial charge in [0.05, 0.1) is 45.4 Å². The first-order chi connectivity index (χ1) is 30.6. The SMILES string of the molecule is CO[C@H]1O[C@H](COCc2cn([C@@H](Cc3ccc(O)cc3)C(=O)O)nn2)[C@@H](OCc2cn([C@@H](Cc3ccc(O)cc3)C(=O)O)nn2)[C@H](OCc2ccccc2)[C@H]1OCc1ccccc1. The summed E-state index contributed by atoms with van der Waals surface area (Å²) in [7, 11) is 1.50. The number of methoxy groups -OCH3 is 1. The molecule has 0 amide bonds. The van der Waals surface area contributed by atoms with Gasteiger partial charge in [-0.15, -0.1) is 10.2 Å². The minimum absolute atomic E-state index is 0.0643. The molecular formula is C45H48N6O12. The van der Waals surface area contributed by atoms with E-state index in [0.29, 0.717) is 22.5 Å². The number of phenols is 2. The van der Waals surface area contributed by atoms with Crippen LogP contribution in [0, 0.1) is 0 Å². The van der Waals surface area contributed by atoms with E-state index >= 15 is 0 Å². The number of hydrogen-bond acceptors (Lipinski definition) is 14. The van der Waals surface area contributed by atoms with Crippen LogP contribution >= 0.6 is 0 Å². The van der Waals surface area contributed by atoms with Crippen molar-refractivity contribution < 1.29 is 58.4 Å². The first-order valence-corrected chi connectivity index (χ1v) is 20.1. The van der Waals surface area contributed by atoms with Crippen molar-refractivity contribution in [1.29, 1.82) is 0 Å². The van der Waals surface area contributed by atoms with Crippen molar-refractivity contribution in [1.82, 2.24) is 30.0 Å². The van der Waals surface area contributed by atoms with Crippen molar-refractivity contribution in [2.75, 3.05) is 13.7 Å². The lowest BCUT2D eigenvalue weighted by Gasteiger charge is -2.45. The molecule has 0 radical (unpaired) electrons. The average Bonchev–Trinajstić information content (AvgIpc) is 3.97. The fourth-order valence-corrected chi connectivity index (χ4v) is 7.13. The first kappa shape index (κ1) is 44.5. The van der Waals surface area contributed by atoms with E-state index in [1.54, 1.807) is 24.3 Å². The average molecular weight is 865 g/mol. The van der Waals surface area contributed by atoms with E-state index in [2.05, 4.69) is 20.6 Å². The fraction of sp³-hybridized carbons (Fsp3) is 0.333. The molecule has 6 aromatic rings. The zero-order chi connectivity index (χ0) is 44.1. The third-order valence-electron chi connectivity index (χ3n) is 10.4. The number of carbonyl (C=O) groups is 2. The lowest BCUT2D eigenvalue weighted by molar-refractivity contribution is -0.323. The maximum atomic E-state index is 12.4. The molecule has 7 atom stereocenters. The van der Waals surface area contributed by atoms with Gasteiger partial charge < -0.3 is 48.8 Å². The highest BCUT2D eigenvalue weighted by atomic mass is 16.7. The van der Waals surface area contributed by atoms with Crippen LogP contribution in [0.4, 0.5) is 0 Å². The van der Waals surface area contributed by atoms with Crippen LogP contribution in [-0.2, 0) is 77.3 Å². The van der Waals surface area contributed by atoms with Gasteiger partial charge in [-0.05, 0) is 46.5 Å². The number of aromatic hydroxyl groups is 2. The summed E-state index contributed by atoms with van der Waals surface area (Å²) in [6, 6.07) is 29.6. The molecule has 0 unspecified atom stereocenters. The van der Waals surface area contributed by atoms with E-state index in [4.69, 9.17) is 28.4 Å². The van der Waals surface area contributed by atoms with Crippen LogP contribution in [0.5, 0.6) is 11.5 Å². The fourth-order valence-electron chi connectivity index (χ4n) is 7.13. The number of carboxylic acids is 2. The Morgan fingerprint density at radius 1 is 0.603 bits per heavy atom. The van der Waals surface area contributed by atoms with Gasteiger partial charge in [-0.1, -0.05) is 95.4 Å². The quantitative estimate of drug-likeness (QED) is 0.0727. The summed E-state index contributed by atoms with van der Waals surface area (Å²) in [6.45, 7) is 0.136. The van der Waals surface area contributed by atoms with E-state index in [-0.39, 0.29) is 57.4 Å². The monoisotopic (exact) mass is 864 g/mol. The van der Waals surface area contributed by atoms with E-state index in [9.17, 15) is 30.0 Å². The van der Waals surface area contributed by atoms with Gasteiger partial charge in [0.1, 0.15) is 47.3 Å². The minimum atomic E-state index is -1.12. The van der Waals surface area contributed by atoms with Gasteiger partial charge in [0.15, 0.2) is 18.4 Å². The summed E-state index contributed by atoms with van der Waals surface area (Å²) >= 11 is 0. The second kappa shape index (κ2) is 21.5. The molecule has 18 heteroatoms. The molecule has 1 aliphatic rings. The summed E-state index contributed by atoms with van der Waals surface area (Å²) in [4.78, 5) is 24.6. The molecule has 1 saturated heterocycles. The van der Waals surface area contributed by atoms with Crippen LogP contribution in [0.1, 0.15) is 45.7 Å². The van der Waals surface area contributed by atoms with Crippen molar-refractivity contribution in [3.05, 3.63) is 155 Å². The maximum absolute atomic E-state index is 12.4. The molecule has 1 fully saturated rings. The van der Waals surface area contributed by atoms with E-state index in [1.165, 1.54) is 53.1 Å². The number of ether oxygens (including phenoxy) is 6. The van der Waals surface area contributed by atoms with E-state index in [1.807, 2.05) is 60.7 Å². The molecule has 0 saturated carbocycles. The number of carboxylic acid groups (broad SMARTS) is 2. The van der Waals surface area contributed by atoms with Crippen LogP contribution in [0.25, 0.3) is 0 Å². The molecule has 63 heavy (non-hydrogen) atoms. The van der Waals surface area contributed by atoms with Crippen molar-refractivity contribution in [2.24, 2.45) is 0 Å². The van der Waals surface area contributed by atoms with Gasteiger partial charge in [-0.2, -0.15) is 0 Å². The summed E-state index contributed by atoms with van der Waals surface area (Å²) in [5.41, 5.74) is 3.88. The van der Waals surface area contributed by atoms with Crippen LogP contribution < -0.4 is 0 Å². The molecule has 0 aliphatic carbocycles. The van der Waals surface area contributed by atoms with Crippen molar-refractivity contribution >= 4 is 11.9 Å². The van der Waals surface area contributed by atoms with Crippen LogP contribution in [0.2, 0.25) is 0 Å². The number of rotatable bonds is 22. The summed E-state index contributed by atoms with van der Waals surface area (Å²) in [6.07, 6.45) is -1.06. The number of hydrogen-bond donors (Lipinski definition) is 4. The predicted octanol–water partition coefficient (Wildman–Crippen LogP) is 4.66. The highest BCUT2D eigenvalue weighted by Crippen LogP contribution is 2.31. The predicted molar refractivity (Wildman–Crippen MR) is 221 cm³/mol. The first-order valence-electron chi connectivity index (χ1n) is 20.1. The molecule has 4 aromatic carbocycles. The Hall–Kier alpha value is -6.54. The van der Waals surface area contributed by atoms with E-state index < -0.39 is 54.7 Å². The highest BCUT2D eigenvalue weighted by molar-refractivity contribution is 5.72. The third kappa shape index (κ3) is 12.1. The van der Waals surface area contributed by atoms with Crippen LogP contribution in [0.15, 0.2) is 122 Å². The number of phenolic OH excluding ortho intramolecular Hbond substituents is 2. The molecular weight excluding hydrogens is 817 g/mol. The number of aliphatic carboxylic acids is 2. The molecule has 0 bridgehead atoms. The molecule has 7 rings (SSSR count). The van der Waals surface area contributed by atoms with Gasteiger partial charge in [-0.3, -0.25) is 0 Å². The molecule has 3 heterocycles. The summed E-state index contributed by atoms with van der Waals surface area (Å²) < 4.78 is 40.8. The largest absolute Gasteiger partial charge is 0.508 e. The Morgan fingerprint density at radius 2 is 1.06 bits per heavy atom. The molecule has 2 aromatic heterocycles. The van der Waals surface area contributed by atoms with Crippen molar-refractivity contribution in [3.8, 4) is 11.5 Å². The zero-order valence-corrected chi connectivity index (χ0v) is 34.3. The van der Waals surface area contributed by atoms with Gasteiger partial charge in [-0.25, -0.2) is 19.0 Å². The molecule has 4 N–H and O–H groups in total. The lowest BCUT2D eigenvalue weighted by atomic mass is 9.98. The maximum Gasteiger partial charge on any atom is 0.328 e. The normalized spacial score (nSPS) is 19.7. The number of benzene rings is 4. The Bertz CT molecular complexity index is 2350. The molecule has 330 valence electrons. The number of aromatic nitrogens is 6. The van der Waals surface area contributed by atoms with Gasteiger partial charge in [0.2, 0.25) is 0 Å². The van der Waals surface area contributed by atoms with Crippen LogP contribution in [-0.4, -0.2) is 107 Å². The van der Waals surface area contributed by atoms with Gasteiger partial charge in [0, 0.05) is 20.0 Å². The topological polar surface area (TPSA) is 232 Å². The van der Waals surface area contributed by atoms with Crippen LogP contribution in [0.3, 0.4) is 0 Å². The Kier molecular flexibility index (Phi) is 15.2. The Morgan fingerprint density at radius 3 is 1.54 bits per heavy atom. The smallest absolute Gasteiger partial charge is 0.328 e. The van der Waals surface area contributed by atoms with Gasteiger partial charge in [0.25, 0.3) is 0 Å². The Labute approximate surface area is 362 Å². The van der Waals surface area contributed by atoms with Gasteiger partial charge >= 0.3 is 11.9 Å². The molecule has 0 spiro atoms. The second-order valence-corrected chi connectivity index (χ2v) is 14.9. The summed E-state index contributed by atoms with van der Waals surface area (Å²) in [5.74, 6) is -2.09. The van der Waals surface area contributed by atoms with Crippen molar-refractivity contribution in [2.45, 2.75) is 82.1 Å². The molecule has 18 nitrogen and oxygen atoms in total. The zero-order valence-electron chi connectivity index (χ0n) is 34.3. The highest BCUT2D eigenvalue weighted by Gasteiger charge is 2.49. The minimum Gasteiger partial charge on any atom is -0.508 e. The number of nitrogens with zero attached hydrogens (tertiary/aromatic N) is 6. The Balaban J connectivity index is 1.11. The summed E-state index contributed by atoms with van der Waals surface area (Å²) in [5, 5.41) is 56.1. The standard InChI is InChI=1S/C45H48N6O12/c1-58-45-42(61-25-32-10-6-3-7-11-32)41(60-24-31-8-4-2-5-9-31)40(62-27-34-23-51(49-47-34)38(44(56)57)21-30-14-18-36(53)19-15-30)39(63-45)28-59-26-33-22-50(48-46-33)37(43(54)55)20-29-12-16-35(52)17-13-29/h2-19,22-23,37-42,45,52-53H,20-21,24-28H2,1H3,(H,54,55)(H,56,57)/t37-,38-,39+,40+,41-,42+,45-/m0/s1. The molecule has 1 aliphatic heterocycles. The third-order valence-corrected chi connectivity index (χ3v) is 10.4. The van der Waals surface area contributed by atoms with Crippen molar-refractivity contribution in [3.63, 3.8) is 0 Å². The lowest BCUT2D eigenvalue weighted by Crippen LogP contribution is -2.61. The van der Waals surface area contributed by atoms with E-state index in [0.717, 1.165) is 11.1 Å². The second-order valence-electron chi connectivity index (χ2n) is 14.9.